The van der Waals surface area contributed by atoms with E-state index < -0.39 is 0 Å². The number of hydrogen-bond donors (Lipinski definition) is 1. The molecule has 0 spiro atoms. The molecule has 0 saturated heterocycles. The Hall–Kier alpha value is -0.710. The van der Waals surface area contributed by atoms with Gasteiger partial charge in [0.2, 0.25) is 0 Å². The summed E-state index contributed by atoms with van der Waals surface area (Å²) < 4.78 is 0. The van der Waals surface area contributed by atoms with E-state index in [0.717, 1.165) is 23.8 Å². The Morgan fingerprint density at radius 2 is 2.18 bits per heavy atom. The van der Waals surface area contributed by atoms with E-state index in [4.69, 9.17) is 0 Å². The predicted molar refractivity (Wildman–Crippen MR) is 76.7 cm³/mol. The van der Waals surface area contributed by atoms with Crippen LogP contribution in [0.4, 0.5) is 0 Å². The molecule has 0 unspecified atom stereocenters. The lowest BCUT2D eigenvalue weighted by atomic mass is 10.2. The molecule has 2 heterocycles. The molecular formula is C13H18N2S2. The van der Waals surface area contributed by atoms with E-state index in [1.54, 1.807) is 11.3 Å². The zero-order valence-electron chi connectivity index (χ0n) is 10.5. The Kier molecular flexibility index (Phi) is 4.31. The van der Waals surface area contributed by atoms with Gasteiger partial charge in [-0.05, 0) is 31.5 Å². The third-order valence-electron chi connectivity index (χ3n) is 2.36. The van der Waals surface area contributed by atoms with Crippen molar-refractivity contribution < 1.29 is 0 Å². The quantitative estimate of drug-likeness (QED) is 0.887. The van der Waals surface area contributed by atoms with Crippen molar-refractivity contribution in [2.45, 2.75) is 27.3 Å². The van der Waals surface area contributed by atoms with Crippen LogP contribution in [0.1, 0.15) is 24.4 Å². The fourth-order valence-electron chi connectivity index (χ4n) is 1.54. The summed E-state index contributed by atoms with van der Waals surface area (Å²) in [4.78, 5) is 7.28. The predicted octanol–water partition coefficient (Wildman–Crippen LogP) is 3.93. The molecule has 4 heteroatoms. The molecule has 1 N–H and O–H groups in total. The number of aromatic nitrogens is 1. The van der Waals surface area contributed by atoms with Gasteiger partial charge in [0.25, 0.3) is 0 Å². The Morgan fingerprint density at radius 1 is 1.35 bits per heavy atom. The maximum absolute atomic E-state index is 4.66. The van der Waals surface area contributed by atoms with Crippen LogP contribution in [0.3, 0.4) is 0 Å². The molecule has 0 aliphatic rings. The molecular weight excluding hydrogens is 248 g/mol. The highest BCUT2D eigenvalue weighted by Gasteiger charge is 2.06. The smallest absolute Gasteiger partial charge is 0.133 e. The van der Waals surface area contributed by atoms with E-state index in [1.165, 1.54) is 9.75 Å². The molecule has 17 heavy (non-hydrogen) atoms. The van der Waals surface area contributed by atoms with Crippen LogP contribution in [-0.4, -0.2) is 11.5 Å². The molecule has 0 fully saturated rings. The zero-order chi connectivity index (χ0) is 12.3. The lowest BCUT2D eigenvalue weighted by molar-refractivity contribution is 0.549. The van der Waals surface area contributed by atoms with Gasteiger partial charge in [0, 0.05) is 16.8 Å². The number of aryl methyl sites for hydroxylation is 1. The molecule has 0 aliphatic heterocycles. The van der Waals surface area contributed by atoms with Crippen molar-refractivity contribution in [2.75, 3.05) is 6.54 Å². The van der Waals surface area contributed by atoms with Gasteiger partial charge in [0.1, 0.15) is 5.01 Å². The second-order valence-electron chi connectivity index (χ2n) is 4.58. The summed E-state index contributed by atoms with van der Waals surface area (Å²) in [7, 11) is 0. The first-order valence-corrected chi connectivity index (χ1v) is 7.56. The number of rotatable bonds is 5. The monoisotopic (exact) mass is 266 g/mol. The first kappa shape index (κ1) is 12.7. The number of hydrogen-bond acceptors (Lipinski definition) is 4. The average Bonchev–Trinajstić information content (AvgIpc) is 2.86. The van der Waals surface area contributed by atoms with Gasteiger partial charge in [0.15, 0.2) is 0 Å². The molecule has 2 rings (SSSR count). The second-order valence-corrected chi connectivity index (χ2v) is 6.73. The molecule has 0 aromatic carbocycles. The van der Waals surface area contributed by atoms with Crippen LogP contribution < -0.4 is 5.32 Å². The Bertz CT molecular complexity index is 471. The molecule has 2 aromatic heterocycles. The second kappa shape index (κ2) is 5.76. The summed E-state index contributed by atoms with van der Waals surface area (Å²) in [6.45, 7) is 8.48. The van der Waals surface area contributed by atoms with Crippen molar-refractivity contribution in [3.63, 3.8) is 0 Å². The first-order chi connectivity index (χ1) is 8.15. The summed E-state index contributed by atoms with van der Waals surface area (Å²) >= 11 is 3.54. The normalized spacial score (nSPS) is 11.3. The molecule has 0 saturated carbocycles. The number of nitrogens with zero attached hydrogens (tertiary/aromatic N) is 1. The minimum absolute atomic E-state index is 0.688. The van der Waals surface area contributed by atoms with Crippen molar-refractivity contribution in [3.05, 3.63) is 28.1 Å². The van der Waals surface area contributed by atoms with Crippen LogP contribution in [-0.2, 0) is 6.54 Å². The molecule has 2 nitrogen and oxygen atoms in total. The standard InChI is InChI=1S/C13H18N2S2/c1-9(2)6-14-7-11-8-16-13(15-11)12-5-4-10(3)17-12/h4-5,8-9,14H,6-7H2,1-3H3. The largest absolute Gasteiger partial charge is 0.311 e. The van der Waals surface area contributed by atoms with Crippen LogP contribution in [0.15, 0.2) is 17.5 Å². The molecule has 0 bridgehead atoms. The van der Waals surface area contributed by atoms with Crippen LogP contribution in [0.25, 0.3) is 9.88 Å². The van der Waals surface area contributed by atoms with Gasteiger partial charge in [-0.2, -0.15) is 0 Å². The van der Waals surface area contributed by atoms with Gasteiger partial charge >= 0.3 is 0 Å². The molecule has 0 aliphatic carbocycles. The van der Waals surface area contributed by atoms with E-state index in [-0.39, 0.29) is 0 Å². The van der Waals surface area contributed by atoms with Crippen molar-refractivity contribution >= 4 is 22.7 Å². The maximum atomic E-state index is 4.66. The highest BCUT2D eigenvalue weighted by Crippen LogP contribution is 2.30. The van der Waals surface area contributed by atoms with E-state index in [0.29, 0.717) is 5.92 Å². The van der Waals surface area contributed by atoms with Gasteiger partial charge in [-0.3, -0.25) is 0 Å². The highest BCUT2D eigenvalue weighted by atomic mass is 32.1. The summed E-state index contributed by atoms with van der Waals surface area (Å²) in [6.07, 6.45) is 0. The van der Waals surface area contributed by atoms with Gasteiger partial charge in [0.05, 0.1) is 10.6 Å². The minimum atomic E-state index is 0.688. The molecule has 2 aromatic rings. The maximum Gasteiger partial charge on any atom is 0.133 e. The number of thiazole rings is 1. The fourth-order valence-corrected chi connectivity index (χ4v) is 3.30. The number of nitrogens with one attached hydrogen (secondary N) is 1. The Morgan fingerprint density at radius 3 is 2.82 bits per heavy atom. The van der Waals surface area contributed by atoms with Crippen LogP contribution in [0.2, 0.25) is 0 Å². The summed E-state index contributed by atoms with van der Waals surface area (Å²) in [5.74, 6) is 0.688. The minimum Gasteiger partial charge on any atom is -0.311 e. The van der Waals surface area contributed by atoms with Crippen molar-refractivity contribution in [3.8, 4) is 9.88 Å². The molecule has 0 amide bonds. The van der Waals surface area contributed by atoms with Crippen LogP contribution in [0.5, 0.6) is 0 Å². The van der Waals surface area contributed by atoms with Gasteiger partial charge in [-0.15, -0.1) is 22.7 Å². The Balaban J connectivity index is 1.96. The summed E-state index contributed by atoms with van der Waals surface area (Å²) in [5, 5.41) is 6.71. The third kappa shape index (κ3) is 3.63. The molecule has 0 atom stereocenters. The third-order valence-corrected chi connectivity index (χ3v) is 4.42. The number of thiophene rings is 1. The Labute approximate surface area is 111 Å². The molecule has 0 radical (unpaired) electrons. The van der Waals surface area contributed by atoms with E-state index >= 15 is 0 Å². The fraction of sp³-hybridized carbons (Fsp3) is 0.462. The zero-order valence-corrected chi connectivity index (χ0v) is 12.1. The lowest BCUT2D eigenvalue weighted by Gasteiger charge is -2.04. The van der Waals surface area contributed by atoms with Gasteiger partial charge in [-0.25, -0.2) is 4.98 Å². The van der Waals surface area contributed by atoms with Crippen molar-refractivity contribution in [1.82, 2.24) is 10.3 Å². The topological polar surface area (TPSA) is 24.9 Å². The van der Waals surface area contributed by atoms with E-state index in [1.807, 2.05) is 11.3 Å². The van der Waals surface area contributed by atoms with E-state index in [9.17, 15) is 0 Å². The van der Waals surface area contributed by atoms with Gasteiger partial charge < -0.3 is 5.32 Å². The van der Waals surface area contributed by atoms with Crippen LogP contribution >= 0.6 is 22.7 Å². The SMILES string of the molecule is Cc1ccc(-c2nc(CNCC(C)C)cs2)s1. The van der Waals surface area contributed by atoms with Crippen LogP contribution in [0, 0.1) is 12.8 Å². The van der Waals surface area contributed by atoms with E-state index in [2.05, 4.69) is 48.6 Å². The van der Waals surface area contributed by atoms with Gasteiger partial charge in [-0.1, -0.05) is 13.8 Å². The highest BCUT2D eigenvalue weighted by molar-refractivity contribution is 7.21. The summed E-state index contributed by atoms with van der Waals surface area (Å²) in [5.41, 5.74) is 1.15. The molecule has 92 valence electrons. The average molecular weight is 266 g/mol. The summed E-state index contributed by atoms with van der Waals surface area (Å²) in [6, 6.07) is 4.31. The first-order valence-electron chi connectivity index (χ1n) is 5.87. The lowest BCUT2D eigenvalue weighted by Crippen LogP contribution is -2.19. The van der Waals surface area contributed by atoms with Crippen molar-refractivity contribution in [1.29, 1.82) is 0 Å². The van der Waals surface area contributed by atoms with Crippen molar-refractivity contribution in [2.24, 2.45) is 5.92 Å².